The molecule has 0 unspecified atom stereocenters. The largest absolute Gasteiger partial charge is 0.492 e. The fourth-order valence-electron chi connectivity index (χ4n) is 1.72. The topological polar surface area (TPSA) is 55.4 Å². The van der Waals surface area contributed by atoms with Gasteiger partial charge in [0, 0.05) is 6.07 Å². The van der Waals surface area contributed by atoms with Crippen LogP contribution >= 0.6 is 27.5 Å². The maximum Gasteiger partial charge on any atom is 0.262 e. The predicted octanol–water partition coefficient (Wildman–Crippen LogP) is 4.69. The van der Waals surface area contributed by atoms with Gasteiger partial charge in [0.1, 0.15) is 5.75 Å². The minimum atomic E-state index is -3.74. The summed E-state index contributed by atoms with van der Waals surface area (Å²) >= 11 is 9.33. The Kier molecular flexibility index (Phi) is 5.72. The second-order valence-electron chi connectivity index (χ2n) is 4.53. The number of benzene rings is 2. The van der Waals surface area contributed by atoms with Gasteiger partial charge in [-0.25, -0.2) is 8.42 Å². The van der Waals surface area contributed by atoms with Crippen molar-refractivity contribution in [3.05, 3.63) is 52.0 Å². The van der Waals surface area contributed by atoms with Crippen molar-refractivity contribution in [3.63, 3.8) is 0 Å². The number of nitrogens with one attached hydrogen (secondary N) is 1. The summed E-state index contributed by atoms with van der Waals surface area (Å²) in [6, 6.07) is 11.3. The Morgan fingerprint density at radius 1 is 1.23 bits per heavy atom. The lowest BCUT2D eigenvalue weighted by Crippen LogP contribution is -2.13. The highest BCUT2D eigenvalue weighted by atomic mass is 79.9. The van der Waals surface area contributed by atoms with Crippen LogP contribution in [0.25, 0.3) is 0 Å². The van der Waals surface area contributed by atoms with E-state index in [2.05, 4.69) is 20.7 Å². The molecule has 0 bridgehead atoms. The van der Waals surface area contributed by atoms with Crippen LogP contribution in [0.4, 0.5) is 5.69 Å². The van der Waals surface area contributed by atoms with E-state index in [9.17, 15) is 8.42 Å². The molecular weight excluding hydrogens is 390 g/mol. The van der Waals surface area contributed by atoms with Crippen LogP contribution in [0.1, 0.15) is 13.3 Å². The van der Waals surface area contributed by atoms with Gasteiger partial charge in [-0.1, -0.05) is 30.7 Å². The highest BCUT2D eigenvalue weighted by Crippen LogP contribution is 2.30. The molecule has 4 nitrogen and oxygen atoms in total. The van der Waals surface area contributed by atoms with Crippen LogP contribution in [0.15, 0.2) is 51.8 Å². The molecule has 7 heteroatoms. The fraction of sp³-hybridized carbons (Fsp3) is 0.200. The SMILES string of the molecule is CCCOc1cc(S(=O)(=O)Nc2ccccc2Cl)ccc1Br. The van der Waals surface area contributed by atoms with Gasteiger partial charge in [0.2, 0.25) is 0 Å². The monoisotopic (exact) mass is 403 g/mol. The van der Waals surface area contributed by atoms with E-state index in [1.807, 2.05) is 6.92 Å². The number of halogens is 2. The molecule has 0 fully saturated rings. The third-order valence-corrected chi connectivity index (χ3v) is 5.14. The number of sulfonamides is 1. The molecule has 118 valence electrons. The van der Waals surface area contributed by atoms with E-state index in [1.54, 1.807) is 30.3 Å². The molecule has 0 amide bonds. The molecule has 2 aromatic rings. The molecule has 0 heterocycles. The van der Waals surface area contributed by atoms with Crippen LogP contribution in [-0.2, 0) is 10.0 Å². The molecule has 0 aliphatic carbocycles. The average Bonchev–Trinajstić information content (AvgIpc) is 2.48. The molecule has 0 radical (unpaired) electrons. The van der Waals surface area contributed by atoms with E-state index in [-0.39, 0.29) is 4.90 Å². The van der Waals surface area contributed by atoms with Crippen molar-refractivity contribution in [2.24, 2.45) is 0 Å². The smallest absolute Gasteiger partial charge is 0.262 e. The lowest BCUT2D eigenvalue weighted by molar-refractivity contribution is 0.314. The highest BCUT2D eigenvalue weighted by Gasteiger charge is 2.17. The Morgan fingerprint density at radius 3 is 2.64 bits per heavy atom. The summed E-state index contributed by atoms with van der Waals surface area (Å²) in [5.74, 6) is 0.490. The number of hydrogen-bond donors (Lipinski definition) is 1. The highest BCUT2D eigenvalue weighted by molar-refractivity contribution is 9.10. The molecule has 1 N–H and O–H groups in total. The molecule has 0 aliphatic rings. The van der Waals surface area contributed by atoms with E-state index in [4.69, 9.17) is 16.3 Å². The maximum atomic E-state index is 12.5. The summed E-state index contributed by atoms with van der Waals surface area (Å²) in [4.78, 5) is 0.113. The molecule has 22 heavy (non-hydrogen) atoms. The van der Waals surface area contributed by atoms with Gasteiger partial charge in [-0.15, -0.1) is 0 Å². The molecule has 0 aliphatic heterocycles. The maximum absolute atomic E-state index is 12.5. The van der Waals surface area contributed by atoms with Gasteiger partial charge in [-0.2, -0.15) is 0 Å². The molecular formula is C15H15BrClNO3S. The van der Waals surface area contributed by atoms with E-state index in [1.165, 1.54) is 12.1 Å². The van der Waals surface area contributed by atoms with Crippen molar-refractivity contribution >= 4 is 43.2 Å². The van der Waals surface area contributed by atoms with Crippen LogP contribution in [-0.4, -0.2) is 15.0 Å². The summed E-state index contributed by atoms with van der Waals surface area (Å²) in [6.07, 6.45) is 0.835. The van der Waals surface area contributed by atoms with Gasteiger partial charge in [0.15, 0.2) is 0 Å². The van der Waals surface area contributed by atoms with Crippen molar-refractivity contribution < 1.29 is 13.2 Å². The van der Waals surface area contributed by atoms with Gasteiger partial charge in [0.05, 0.1) is 26.7 Å². The van der Waals surface area contributed by atoms with Crippen LogP contribution < -0.4 is 9.46 Å². The molecule has 2 rings (SSSR count). The quantitative estimate of drug-likeness (QED) is 0.759. The summed E-state index contributed by atoms with van der Waals surface area (Å²) in [5.41, 5.74) is 0.336. The first kappa shape index (κ1) is 17.1. The number of anilines is 1. The van der Waals surface area contributed by atoms with Crippen LogP contribution in [0, 0.1) is 0 Å². The summed E-state index contributed by atoms with van der Waals surface area (Å²) in [5, 5.41) is 0.339. The van der Waals surface area contributed by atoms with Crippen molar-refractivity contribution in [1.29, 1.82) is 0 Å². The van der Waals surface area contributed by atoms with Gasteiger partial charge < -0.3 is 4.74 Å². The first-order chi connectivity index (χ1) is 10.4. The zero-order valence-electron chi connectivity index (χ0n) is 11.8. The standard InChI is InChI=1S/C15H15BrClNO3S/c1-2-9-21-15-10-11(7-8-12(15)16)22(19,20)18-14-6-4-3-5-13(14)17/h3-8,10,18H,2,9H2,1H3. The third-order valence-electron chi connectivity index (χ3n) is 2.79. The number of para-hydroxylation sites is 1. The van der Waals surface area contributed by atoms with E-state index in [0.717, 1.165) is 6.42 Å². The third kappa shape index (κ3) is 4.15. The molecule has 0 atom stereocenters. The minimum Gasteiger partial charge on any atom is -0.492 e. The summed E-state index contributed by atoms with van der Waals surface area (Å²) in [6.45, 7) is 2.49. The van der Waals surface area contributed by atoms with Crippen molar-refractivity contribution in [2.75, 3.05) is 11.3 Å². The Balaban J connectivity index is 2.31. The Morgan fingerprint density at radius 2 is 1.95 bits per heavy atom. The van der Waals surface area contributed by atoms with Crippen molar-refractivity contribution in [1.82, 2.24) is 0 Å². The summed E-state index contributed by atoms with van der Waals surface area (Å²) < 4.78 is 33.6. The predicted molar refractivity (Wildman–Crippen MR) is 92.2 cm³/mol. The minimum absolute atomic E-state index is 0.113. The van der Waals surface area contributed by atoms with Gasteiger partial charge in [0.25, 0.3) is 10.0 Å². The lowest BCUT2D eigenvalue weighted by Gasteiger charge is -2.12. The first-order valence-electron chi connectivity index (χ1n) is 6.63. The van der Waals surface area contributed by atoms with Crippen molar-refractivity contribution in [3.8, 4) is 5.75 Å². The van der Waals surface area contributed by atoms with Crippen molar-refractivity contribution in [2.45, 2.75) is 18.2 Å². The molecule has 2 aromatic carbocycles. The van der Waals surface area contributed by atoms with Crippen LogP contribution in [0.2, 0.25) is 5.02 Å². The Labute approximate surface area is 143 Å². The van der Waals surface area contributed by atoms with Crippen LogP contribution in [0.3, 0.4) is 0 Å². The number of rotatable bonds is 6. The number of ether oxygens (including phenoxy) is 1. The normalized spacial score (nSPS) is 11.2. The Hall–Kier alpha value is -1.24. The van der Waals surface area contributed by atoms with E-state index >= 15 is 0 Å². The second-order valence-corrected chi connectivity index (χ2v) is 7.47. The van der Waals surface area contributed by atoms with Gasteiger partial charge in [-0.3, -0.25) is 4.72 Å². The zero-order valence-corrected chi connectivity index (χ0v) is 15.0. The molecule has 0 saturated heterocycles. The van der Waals surface area contributed by atoms with Crippen LogP contribution in [0.5, 0.6) is 5.75 Å². The second kappa shape index (κ2) is 7.35. The van der Waals surface area contributed by atoms with Gasteiger partial charge >= 0.3 is 0 Å². The lowest BCUT2D eigenvalue weighted by atomic mass is 10.3. The van der Waals surface area contributed by atoms with E-state index in [0.29, 0.717) is 27.5 Å². The Bertz CT molecular complexity index is 765. The molecule has 0 aromatic heterocycles. The first-order valence-corrected chi connectivity index (χ1v) is 9.29. The van der Waals surface area contributed by atoms with E-state index < -0.39 is 10.0 Å². The van der Waals surface area contributed by atoms with Gasteiger partial charge in [-0.05, 0) is 46.6 Å². The number of hydrogen-bond acceptors (Lipinski definition) is 3. The molecule has 0 spiro atoms. The summed E-state index contributed by atoms with van der Waals surface area (Å²) in [7, 11) is -3.74. The zero-order chi connectivity index (χ0) is 16.2. The molecule has 0 saturated carbocycles. The average molecular weight is 405 g/mol. The fourth-order valence-corrected chi connectivity index (χ4v) is 3.42.